The lowest BCUT2D eigenvalue weighted by Gasteiger charge is -2.10. The molecule has 0 N–H and O–H groups in total. The number of hydrogen-bond donors (Lipinski definition) is 0. The normalized spacial score (nSPS) is 11.2. The number of imidazole rings is 1. The first-order valence-electron chi connectivity index (χ1n) is 9.29. The van der Waals surface area contributed by atoms with Crippen LogP contribution in [0.2, 0.25) is 0 Å². The van der Waals surface area contributed by atoms with Crippen LogP contribution < -0.4 is 9.47 Å². The van der Waals surface area contributed by atoms with E-state index in [1.807, 2.05) is 60.7 Å². The van der Waals surface area contributed by atoms with Crippen molar-refractivity contribution < 1.29 is 9.47 Å². The van der Waals surface area contributed by atoms with Crippen molar-refractivity contribution in [3.63, 3.8) is 0 Å². The Morgan fingerprint density at radius 1 is 0.857 bits per heavy atom. The van der Waals surface area contributed by atoms with E-state index in [2.05, 4.69) is 34.9 Å². The largest absolute Gasteiger partial charge is 0.497 e. The van der Waals surface area contributed by atoms with E-state index in [1.54, 1.807) is 7.11 Å². The molecule has 4 nitrogen and oxygen atoms in total. The molecule has 4 aromatic rings. The Hall–Kier alpha value is -3.53. The van der Waals surface area contributed by atoms with Gasteiger partial charge in [0.25, 0.3) is 0 Å². The second-order valence-electron chi connectivity index (χ2n) is 6.38. The molecule has 0 aliphatic carbocycles. The number of rotatable bonds is 7. The minimum atomic E-state index is 0.541. The molecular weight excluding hydrogens is 348 g/mol. The predicted octanol–water partition coefficient (Wildman–Crippen LogP) is 5.29. The van der Waals surface area contributed by atoms with Gasteiger partial charge in [0.15, 0.2) is 0 Å². The van der Waals surface area contributed by atoms with Crippen molar-refractivity contribution in [1.29, 1.82) is 0 Å². The van der Waals surface area contributed by atoms with Gasteiger partial charge in [0, 0.05) is 6.07 Å². The molecule has 0 aliphatic heterocycles. The molecule has 0 amide bonds. The van der Waals surface area contributed by atoms with E-state index < -0.39 is 0 Å². The van der Waals surface area contributed by atoms with E-state index in [4.69, 9.17) is 14.5 Å². The Kier molecular flexibility index (Phi) is 5.38. The van der Waals surface area contributed by atoms with Crippen molar-refractivity contribution in [3.8, 4) is 11.5 Å². The monoisotopic (exact) mass is 370 g/mol. The summed E-state index contributed by atoms with van der Waals surface area (Å²) >= 11 is 0. The van der Waals surface area contributed by atoms with Gasteiger partial charge < -0.3 is 14.0 Å². The van der Waals surface area contributed by atoms with Crippen LogP contribution in [-0.2, 0) is 6.54 Å². The molecule has 0 aliphatic rings. The van der Waals surface area contributed by atoms with E-state index in [9.17, 15) is 0 Å². The standard InChI is InChI=1S/C24H22N2O2/c1-27-20-10-7-11-21(18-20)28-17-16-26-23-13-6-5-12-22(23)25-24(26)15-14-19-8-3-2-4-9-19/h2-15,18H,16-17H2,1H3/b15-14+. The zero-order valence-electron chi connectivity index (χ0n) is 15.8. The summed E-state index contributed by atoms with van der Waals surface area (Å²) in [5.41, 5.74) is 3.23. The summed E-state index contributed by atoms with van der Waals surface area (Å²) in [6.45, 7) is 1.24. The molecule has 0 atom stereocenters. The highest BCUT2D eigenvalue weighted by Crippen LogP contribution is 2.20. The molecule has 0 radical (unpaired) electrons. The highest BCUT2D eigenvalue weighted by Gasteiger charge is 2.08. The highest BCUT2D eigenvalue weighted by molar-refractivity contribution is 5.79. The van der Waals surface area contributed by atoms with Crippen LogP contribution in [0.4, 0.5) is 0 Å². The van der Waals surface area contributed by atoms with Crippen LogP contribution >= 0.6 is 0 Å². The van der Waals surface area contributed by atoms with Gasteiger partial charge in [-0.1, -0.05) is 54.6 Å². The minimum absolute atomic E-state index is 0.541. The van der Waals surface area contributed by atoms with Crippen LogP contribution in [0.25, 0.3) is 23.2 Å². The fourth-order valence-corrected chi connectivity index (χ4v) is 3.14. The molecular formula is C24H22N2O2. The van der Waals surface area contributed by atoms with Gasteiger partial charge in [0.05, 0.1) is 24.7 Å². The van der Waals surface area contributed by atoms with E-state index in [1.165, 1.54) is 0 Å². The number of hydrogen-bond acceptors (Lipinski definition) is 3. The average molecular weight is 370 g/mol. The Balaban J connectivity index is 1.55. The Bertz CT molecular complexity index is 1080. The lowest BCUT2D eigenvalue weighted by Crippen LogP contribution is -2.09. The number of methoxy groups -OCH3 is 1. The van der Waals surface area contributed by atoms with Crippen molar-refractivity contribution in [3.05, 3.63) is 90.3 Å². The van der Waals surface area contributed by atoms with Crippen molar-refractivity contribution in [1.82, 2.24) is 9.55 Å². The second-order valence-corrected chi connectivity index (χ2v) is 6.38. The number of benzene rings is 3. The Labute approximate surface area is 164 Å². The van der Waals surface area contributed by atoms with Gasteiger partial charge in [-0.2, -0.15) is 0 Å². The summed E-state index contributed by atoms with van der Waals surface area (Å²) < 4.78 is 13.4. The Morgan fingerprint density at radius 2 is 1.64 bits per heavy atom. The molecule has 4 rings (SSSR count). The van der Waals surface area contributed by atoms with Crippen molar-refractivity contribution in [2.75, 3.05) is 13.7 Å². The third-order valence-corrected chi connectivity index (χ3v) is 4.53. The number of fused-ring (bicyclic) bond motifs is 1. The number of ether oxygens (including phenoxy) is 2. The maximum absolute atomic E-state index is 5.94. The number of aromatic nitrogens is 2. The molecule has 0 spiro atoms. The topological polar surface area (TPSA) is 36.3 Å². The van der Waals surface area contributed by atoms with Crippen molar-refractivity contribution in [2.45, 2.75) is 6.54 Å². The summed E-state index contributed by atoms with van der Waals surface area (Å²) in [7, 11) is 1.65. The number of para-hydroxylation sites is 2. The molecule has 1 aromatic heterocycles. The fourth-order valence-electron chi connectivity index (χ4n) is 3.14. The van der Waals surface area contributed by atoms with Gasteiger partial charge in [-0.05, 0) is 35.9 Å². The lowest BCUT2D eigenvalue weighted by atomic mass is 10.2. The van der Waals surface area contributed by atoms with Crippen molar-refractivity contribution >= 4 is 23.2 Å². The first-order valence-corrected chi connectivity index (χ1v) is 9.29. The first kappa shape index (κ1) is 17.9. The SMILES string of the molecule is COc1cccc(OCCn2c(/C=C/c3ccccc3)nc3ccccc32)c1. The van der Waals surface area contributed by atoms with E-state index >= 15 is 0 Å². The Morgan fingerprint density at radius 3 is 2.50 bits per heavy atom. The summed E-state index contributed by atoms with van der Waals surface area (Å²) in [5.74, 6) is 2.50. The van der Waals surface area contributed by atoms with Gasteiger partial charge in [-0.3, -0.25) is 0 Å². The summed E-state index contributed by atoms with van der Waals surface area (Å²) in [5, 5.41) is 0. The molecule has 0 unspecified atom stereocenters. The zero-order chi connectivity index (χ0) is 19.2. The van der Waals surface area contributed by atoms with Crippen LogP contribution in [-0.4, -0.2) is 23.3 Å². The molecule has 3 aromatic carbocycles. The van der Waals surface area contributed by atoms with E-state index in [0.717, 1.165) is 33.9 Å². The van der Waals surface area contributed by atoms with Crippen LogP contribution in [0.15, 0.2) is 78.9 Å². The molecule has 0 saturated carbocycles. The molecule has 0 fully saturated rings. The number of nitrogens with zero attached hydrogens (tertiary/aromatic N) is 2. The van der Waals surface area contributed by atoms with Gasteiger partial charge >= 0.3 is 0 Å². The highest BCUT2D eigenvalue weighted by atomic mass is 16.5. The molecule has 4 heteroatoms. The maximum Gasteiger partial charge on any atom is 0.133 e. The van der Waals surface area contributed by atoms with Gasteiger partial charge in [0.2, 0.25) is 0 Å². The zero-order valence-corrected chi connectivity index (χ0v) is 15.8. The van der Waals surface area contributed by atoms with E-state index in [-0.39, 0.29) is 0 Å². The fraction of sp³-hybridized carbons (Fsp3) is 0.125. The maximum atomic E-state index is 5.94. The van der Waals surface area contributed by atoms with E-state index in [0.29, 0.717) is 13.2 Å². The third kappa shape index (κ3) is 4.07. The predicted molar refractivity (Wildman–Crippen MR) is 114 cm³/mol. The third-order valence-electron chi connectivity index (χ3n) is 4.53. The summed E-state index contributed by atoms with van der Waals surface area (Å²) in [4.78, 5) is 4.78. The van der Waals surface area contributed by atoms with Gasteiger partial charge in [-0.25, -0.2) is 4.98 Å². The van der Waals surface area contributed by atoms with Crippen molar-refractivity contribution in [2.24, 2.45) is 0 Å². The lowest BCUT2D eigenvalue weighted by molar-refractivity contribution is 0.297. The molecule has 28 heavy (non-hydrogen) atoms. The first-order chi connectivity index (χ1) is 13.8. The average Bonchev–Trinajstić information content (AvgIpc) is 3.11. The molecule has 0 bridgehead atoms. The quantitative estimate of drug-likeness (QED) is 0.443. The van der Waals surface area contributed by atoms with Gasteiger partial charge in [0.1, 0.15) is 23.9 Å². The molecule has 0 saturated heterocycles. The van der Waals surface area contributed by atoms with Crippen LogP contribution in [0.1, 0.15) is 11.4 Å². The summed E-state index contributed by atoms with van der Waals surface area (Å²) in [6.07, 6.45) is 4.14. The molecule has 1 heterocycles. The summed E-state index contributed by atoms with van der Waals surface area (Å²) in [6, 6.07) is 26.1. The van der Waals surface area contributed by atoms with Crippen LogP contribution in [0, 0.1) is 0 Å². The van der Waals surface area contributed by atoms with Gasteiger partial charge in [-0.15, -0.1) is 0 Å². The van der Waals surface area contributed by atoms with Crippen LogP contribution in [0.5, 0.6) is 11.5 Å². The molecule has 140 valence electrons. The minimum Gasteiger partial charge on any atom is -0.497 e. The van der Waals surface area contributed by atoms with Crippen LogP contribution in [0.3, 0.4) is 0 Å². The second kappa shape index (κ2) is 8.44. The smallest absolute Gasteiger partial charge is 0.133 e.